The van der Waals surface area contributed by atoms with Crippen molar-refractivity contribution in [1.82, 2.24) is 4.90 Å². The van der Waals surface area contributed by atoms with Crippen LogP contribution in [0.5, 0.6) is 0 Å². The van der Waals surface area contributed by atoms with Crippen molar-refractivity contribution < 1.29 is 22.5 Å². The van der Waals surface area contributed by atoms with E-state index in [0.717, 1.165) is 12.8 Å². The third kappa shape index (κ3) is 5.88. The highest BCUT2D eigenvalue weighted by atomic mass is 32.2. The Kier molecular flexibility index (Phi) is 5.76. The molecule has 7 heteroatoms. The predicted molar refractivity (Wildman–Crippen MR) is 70.0 cm³/mol. The molecule has 0 bridgehead atoms. The van der Waals surface area contributed by atoms with Crippen LogP contribution in [0.1, 0.15) is 40.5 Å². The fourth-order valence-electron chi connectivity index (χ4n) is 2.08. The molecular weight excluding hydrogens is 270 g/mol. The van der Waals surface area contributed by atoms with Gasteiger partial charge >= 0.3 is 6.09 Å². The first-order valence-electron chi connectivity index (χ1n) is 6.43. The Hall–Kier alpha value is -0.660. The van der Waals surface area contributed by atoms with Crippen LogP contribution >= 0.6 is 0 Å². The fraction of sp³-hybridized carbons (Fsp3) is 0.917. The first-order valence-corrected chi connectivity index (χ1v) is 7.43. The van der Waals surface area contributed by atoms with E-state index in [4.69, 9.17) is 8.92 Å². The van der Waals surface area contributed by atoms with Gasteiger partial charge < -0.3 is 14.2 Å². The third-order valence-electron chi connectivity index (χ3n) is 3.09. The number of ether oxygens (including phenoxy) is 1. The van der Waals surface area contributed by atoms with Gasteiger partial charge in [0.25, 0.3) is 0 Å². The van der Waals surface area contributed by atoms with E-state index < -0.39 is 17.0 Å². The van der Waals surface area contributed by atoms with E-state index in [1.165, 1.54) is 0 Å². The smallest absolute Gasteiger partial charge is 0.410 e. The molecule has 1 aliphatic heterocycles. The summed E-state index contributed by atoms with van der Waals surface area (Å²) in [6.07, 6.45) is 0.779. The van der Waals surface area contributed by atoms with Gasteiger partial charge in [-0.15, -0.1) is 0 Å². The summed E-state index contributed by atoms with van der Waals surface area (Å²) >= 11 is -2.48. The first-order chi connectivity index (χ1) is 8.69. The molecule has 0 radical (unpaired) electrons. The van der Waals surface area contributed by atoms with Crippen molar-refractivity contribution in [2.45, 2.75) is 52.2 Å². The SMILES string of the molecule is CC(OS(=O)[O-])C1CCN(C(=O)OC(C)(C)C)CC1. The summed E-state index contributed by atoms with van der Waals surface area (Å²) in [5.41, 5.74) is -0.496. The number of hydrogen-bond donors (Lipinski definition) is 0. The van der Waals surface area contributed by atoms with Gasteiger partial charge in [0.1, 0.15) is 5.60 Å². The Morgan fingerprint density at radius 2 is 1.89 bits per heavy atom. The molecule has 1 heterocycles. The zero-order valence-corrected chi connectivity index (χ0v) is 12.7. The van der Waals surface area contributed by atoms with E-state index in [2.05, 4.69) is 0 Å². The zero-order chi connectivity index (χ0) is 14.6. The predicted octanol–water partition coefficient (Wildman–Crippen LogP) is 1.83. The maximum Gasteiger partial charge on any atom is 0.410 e. The van der Waals surface area contributed by atoms with Crippen LogP contribution in [-0.4, -0.2) is 44.5 Å². The molecule has 1 rings (SSSR count). The van der Waals surface area contributed by atoms with Crippen LogP contribution in [0, 0.1) is 5.92 Å². The Morgan fingerprint density at radius 3 is 2.32 bits per heavy atom. The summed E-state index contributed by atoms with van der Waals surface area (Å²) in [5, 5.41) is 0. The molecule has 6 nitrogen and oxygen atoms in total. The minimum absolute atomic E-state index is 0.150. The molecule has 1 fully saturated rings. The topological polar surface area (TPSA) is 78.9 Å². The number of hydrogen-bond acceptors (Lipinski definition) is 5. The molecule has 0 aliphatic carbocycles. The van der Waals surface area contributed by atoms with Crippen molar-refractivity contribution in [2.75, 3.05) is 13.1 Å². The van der Waals surface area contributed by atoms with E-state index in [0.29, 0.717) is 13.1 Å². The second-order valence-electron chi connectivity index (χ2n) is 5.81. The highest BCUT2D eigenvalue weighted by Crippen LogP contribution is 2.24. The molecule has 0 aromatic carbocycles. The number of amides is 1. The molecule has 0 aromatic rings. The van der Waals surface area contributed by atoms with Crippen LogP contribution in [0.4, 0.5) is 4.79 Å². The summed E-state index contributed by atoms with van der Waals surface area (Å²) in [6.45, 7) is 8.37. The van der Waals surface area contributed by atoms with Crippen LogP contribution in [0.25, 0.3) is 0 Å². The monoisotopic (exact) mass is 292 g/mol. The lowest BCUT2D eigenvalue weighted by Crippen LogP contribution is -2.43. The van der Waals surface area contributed by atoms with Gasteiger partial charge in [0.15, 0.2) is 0 Å². The third-order valence-corrected chi connectivity index (χ3v) is 3.55. The molecule has 2 unspecified atom stereocenters. The minimum atomic E-state index is -2.48. The van der Waals surface area contributed by atoms with Gasteiger partial charge in [-0.3, -0.25) is 4.18 Å². The second kappa shape index (κ2) is 6.67. The van der Waals surface area contributed by atoms with Crippen molar-refractivity contribution in [3.05, 3.63) is 0 Å². The lowest BCUT2D eigenvalue weighted by atomic mass is 9.92. The van der Waals surface area contributed by atoms with Gasteiger partial charge in [0.05, 0.1) is 17.5 Å². The van der Waals surface area contributed by atoms with E-state index in [1.54, 1.807) is 11.8 Å². The summed E-state index contributed by atoms with van der Waals surface area (Å²) in [6, 6.07) is 0. The van der Waals surface area contributed by atoms with Crippen molar-refractivity contribution in [3.63, 3.8) is 0 Å². The van der Waals surface area contributed by atoms with Gasteiger partial charge in [-0.2, -0.15) is 0 Å². The normalized spacial score (nSPS) is 21.0. The second-order valence-corrected chi connectivity index (χ2v) is 6.41. The Balaban J connectivity index is 2.40. The first kappa shape index (κ1) is 16.4. The molecule has 0 aromatic heterocycles. The van der Waals surface area contributed by atoms with Crippen molar-refractivity contribution in [3.8, 4) is 0 Å². The molecule has 2 atom stereocenters. The van der Waals surface area contributed by atoms with Gasteiger partial charge in [-0.1, -0.05) is 0 Å². The van der Waals surface area contributed by atoms with Crippen LogP contribution < -0.4 is 0 Å². The van der Waals surface area contributed by atoms with E-state index in [-0.39, 0.29) is 18.1 Å². The van der Waals surface area contributed by atoms with Gasteiger partial charge in [-0.25, -0.2) is 9.00 Å². The largest absolute Gasteiger partial charge is 0.750 e. The van der Waals surface area contributed by atoms with Gasteiger partial charge in [0, 0.05) is 13.1 Å². The van der Waals surface area contributed by atoms with Gasteiger partial charge in [-0.05, 0) is 46.5 Å². The summed E-state index contributed by atoms with van der Waals surface area (Å²) in [4.78, 5) is 13.5. The molecule has 0 saturated carbocycles. The molecule has 1 aliphatic rings. The molecule has 112 valence electrons. The van der Waals surface area contributed by atoms with E-state index in [1.807, 2.05) is 20.8 Å². The molecule has 0 N–H and O–H groups in total. The molecule has 1 amide bonds. The number of carbonyl (C=O) groups excluding carboxylic acids is 1. The highest BCUT2D eigenvalue weighted by Gasteiger charge is 2.29. The number of nitrogens with zero attached hydrogens (tertiary/aromatic N) is 1. The number of carbonyl (C=O) groups is 1. The maximum absolute atomic E-state index is 11.8. The Morgan fingerprint density at radius 1 is 1.37 bits per heavy atom. The van der Waals surface area contributed by atoms with Crippen LogP contribution in [0.3, 0.4) is 0 Å². The lowest BCUT2D eigenvalue weighted by Gasteiger charge is -2.35. The molecular formula is C12H22NO5S-. The summed E-state index contributed by atoms with van der Waals surface area (Å²) in [5.74, 6) is 0.150. The average molecular weight is 292 g/mol. The number of rotatable bonds is 3. The van der Waals surface area contributed by atoms with Crippen LogP contribution in [0.15, 0.2) is 0 Å². The zero-order valence-electron chi connectivity index (χ0n) is 11.9. The van der Waals surface area contributed by atoms with Crippen LogP contribution in [0.2, 0.25) is 0 Å². The van der Waals surface area contributed by atoms with E-state index >= 15 is 0 Å². The number of likely N-dealkylation sites (tertiary alicyclic amines) is 1. The Bertz CT molecular complexity index is 334. The van der Waals surface area contributed by atoms with Crippen molar-refractivity contribution in [2.24, 2.45) is 5.92 Å². The molecule has 0 spiro atoms. The van der Waals surface area contributed by atoms with Gasteiger partial charge in [0.2, 0.25) is 0 Å². The van der Waals surface area contributed by atoms with Crippen molar-refractivity contribution in [1.29, 1.82) is 0 Å². The standard InChI is InChI=1S/C12H23NO5S/c1-9(18-19(15)16)10-5-7-13(8-6-10)11(14)17-12(2,3)4/h9-10H,5-8H2,1-4H3,(H,15,16)/p-1. The molecule has 1 saturated heterocycles. The minimum Gasteiger partial charge on any atom is -0.750 e. The highest BCUT2D eigenvalue weighted by molar-refractivity contribution is 7.74. The van der Waals surface area contributed by atoms with Crippen LogP contribution in [-0.2, 0) is 20.3 Å². The Labute approximate surface area is 116 Å². The lowest BCUT2D eigenvalue weighted by molar-refractivity contribution is 0.0122. The number of piperidine rings is 1. The van der Waals surface area contributed by atoms with E-state index in [9.17, 15) is 13.6 Å². The summed E-state index contributed by atoms with van der Waals surface area (Å²) < 4.78 is 31.0. The average Bonchev–Trinajstić information content (AvgIpc) is 2.26. The quantitative estimate of drug-likeness (QED) is 0.741. The maximum atomic E-state index is 11.8. The fourth-order valence-corrected chi connectivity index (χ4v) is 2.49. The summed E-state index contributed by atoms with van der Waals surface area (Å²) in [7, 11) is 0. The molecule has 19 heavy (non-hydrogen) atoms. The van der Waals surface area contributed by atoms with Crippen molar-refractivity contribution >= 4 is 17.5 Å².